The van der Waals surface area contributed by atoms with Crippen molar-refractivity contribution in [3.05, 3.63) is 10.3 Å². The smallest absolute Gasteiger partial charge is 0.152 e. The van der Waals surface area contributed by atoms with Gasteiger partial charge in [-0.05, 0) is 35.2 Å². The quantitative estimate of drug-likeness (QED) is 0.739. The van der Waals surface area contributed by atoms with E-state index in [2.05, 4.69) is 33.2 Å². The lowest BCUT2D eigenvalue weighted by Crippen LogP contribution is -2.22. The van der Waals surface area contributed by atoms with E-state index in [1.807, 2.05) is 11.7 Å². The Morgan fingerprint density at radius 3 is 2.79 bits per heavy atom. The van der Waals surface area contributed by atoms with Crippen LogP contribution in [-0.2, 0) is 12.5 Å². The zero-order valence-corrected chi connectivity index (χ0v) is 10.6. The molecule has 14 heavy (non-hydrogen) atoms. The molecule has 0 amide bonds. The first-order valence-corrected chi connectivity index (χ1v) is 5.95. The van der Waals surface area contributed by atoms with Gasteiger partial charge in [-0.3, -0.25) is 4.68 Å². The van der Waals surface area contributed by atoms with E-state index >= 15 is 0 Å². The second-order valence-electron chi connectivity index (χ2n) is 4.25. The summed E-state index contributed by atoms with van der Waals surface area (Å²) < 4.78 is 2.70. The Hall–Kier alpha value is -0.0900. The molecule has 0 aromatic carbocycles. The van der Waals surface area contributed by atoms with Crippen LogP contribution in [0.15, 0.2) is 4.60 Å². The average Bonchev–Trinajstić information content (AvgIpc) is 2.58. The van der Waals surface area contributed by atoms with Crippen LogP contribution in [-0.4, -0.2) is 20.4 Å². The van der Waals surface area contributed by atoms with Crippen molar-refractivity contribution in [3.63, 3.8) is 0 Å². The van der Waals surface area contributed by atoms with Gasteiger partial charge in [-0.1, -0.05) is 12.1 Å². The molecular formula is C9H13BrClN3. The van der Waals surface area contributed by atoms with Crippen molar-refractivity contribution in [2.45, 2.75) is 37.0 Å². The first kappa shape index (κ1) is 10.4. The van der Waals surface area contributed by atoms with Gasteiger partial charge in [0.25, 0.3) is 0 Å². The summed E-state index contributed by atoms with van der Waals surface area (Å²) in [5, 5.41) is 8.32. The fourth-order valence-electron chi connectivity index (χ4n) is 2.35. The van der Waals surface area contributed by atoms with Crippen molar-refractivity contribution >= 4 is 27.5 Å². The third-order valence-electron chi connectivity index (χ3n) is 3.04. The average molecular weight is 279 g/mol. The maximum absolute atomic E-state index is 6.15. The van der Waals surface area contributed by atoms with Gasteiger partial charge in [0.2, 0.25) is 0 Å². The fourth-order valence-corrected chi connectivity index (χ4v) is 3.61. The zero-order valence-electron chi connectivity index (χ0n) is 8.30. The van der Waals surface area contributed by atoms with Gasteiger partial charge in [-0.2, -0.15) is 0 Å². The Balaban J connectivity index is 2.39. The third kappa shape index (κ3) is 1.58. The normalized spacial score (nSPS) is 32.4. The van der Waals surface area contributed by atoms with Gasteiger partial charge in [0.1, 0.15) is 0 Å². The molecule has 0 bridgehead atoms. The number of hydrogen-bond acceptors (Lipinski definition) is 2. The van der Waals surface area contributed by atoms with Crippen LogP contribution < -0.4 is 0 Å². The summed E-state index contributed by atoms with van der Waals surface area (Å²) in [5.41, 5.74) is 1.30. The van der Waals surface area contributed by atoms with Crippen LogP contribution in [0.4, 0.5) is 0 Å². The van der Waals surface area contributed by atoms with E-state index in [1.165, 1.54) is 5.69 Å². The maximum Gasteiger partial charge on any atom is 0.152 e. The highest BCUT2D eigenvalue weighted by Crippen LogP contribution is 2.44. The third-order valence-corrected chi connectivity index (χ3v) is 3.95. The summed E-state index contributed by atoms with van der Waals surface area (Å²) in [6.07, 6.45) is 3.20. The minimum atomic E-state index is 0.128. The van der Waals surface area contributed by atoms with Crippen LogP contribution in [0.3, 0.4) is 0 Å². The van der Waals surface area contributed by atoms with E-state index < -0.39 is 0 Å². The highest BCUT2D eigenvalue weighted by molar-refractivity contribution is 9.10. The minimum absolute atomic E-state index is 0.128. The molecule has 2 unspecified atom stereocenters. The van der Waals surface area contributed by atoms with Crippen LogP contribution >= 0.6 is 27.5 Å². The Morgan fingerprint density at radius 2 is 2.36 bits per heavy atom. The van der Waals surface area contributed by atoms with Crippen molar-refractivity contribution in [2.75, 3.05) is 0 Å². The molecule has 1 aliphatic carbocycles. The molecule has 0 saturated heterocycles. The second-order valence-corrected chi connectivity index (χ2v) is 5.62. The monoisotopic (exact) mass is 277 g/mol. The molecule has 3 nitrogen and oxygen atoms in total. The lowest BCUT2D eigenvalue weighted by Gasteiger charge is -2.23. The van der Waals surface area contributed by atoms with E-state index in [9.17, 15) is 0 Å². The van der Waals surface area contributed by atoms with Gasteiger partial charge < -0.3 is 0 Å². The highest BCUT2D eigenvalue weighted by atomic mass is 79.9. The number of alkyl halides is 1. The van der Waals surface area contributed by atoms with Gasteiger partial charge in [0.15, 0.2) is 4.60 Å². The van der Waals surface area contributed by atoms with Crippen molar-refractivity contribution < 1.29 is 0 Å². The lowest BCUT2D eigenvalue weighted by molar-refractivity contribution is 0.446. The van der Waals surface area contributed by atoms with Gasteiger partial charge in [-0.25, -0.2) is 0 Å². The van der Waals surface area contributed by atoms with Crippen molar-refractivity contribution in [2.24, 2.45) is 7.05 Å². The molecule has 1 aromatic rings. The molecule has 0 N–H and O–H groups in total. The lowest BCUT2D eigenvalue weighted by atomic mass is 9.85. The highest BCUT2D eigenvalue weighted by Gasteiger charge is 2.39. The Bertz CT molecular complexity index is 332. The zero-order chi connectivity index (χ0) is 10.3. The van der Waals surface area contributed by atoms with Crippen molar-refractivity contribution in [1.82, 2.24) is 15.0 Å². The summed E-state index contributed by atoms with van der Waals surface area (Å²) in [7, 11) is 1.93. The first-order valence-electron chi connectivity index (χ1n) is 4.73. The number of aryl methyl sites for hydroxylation is 1. The molecule has 1 fully saturated rings. The number of nitrogens with zero attached hydrogens (tertiary/aromatic N) is 3. The molecule has 0 spiro atoms. The summed E-state index contributed by atoms with van der Waals surface area (Å²) in [6.45, 7) is 2.23. The van der Waals surface area contributed by atoms with Gasteiger partial charge in [0.05, 0.1) is 5.69 Å². The molecular weight excluding hydrogens is 265 g/mol. The van der Waals surface area contributed by atoms with Crippen molar-refractivity contribution in [3.8, 4) is 0 Å². The summed E-state index contributed by atoms with van der Waals surface area (Å²) in [4.78, 5) is 0. The van der Waals surface area contributed by atoms with E-state index in [1.54, 1.807) is 0 Å². The van der Waals surface area contributed by atoms with Crippen LogP contribution in [0, 0.1) is 0 Å². The Kier molecular flexibility index (Phi) is 2.60. The standard InChI is InChI=1S/C9H13BrClN3/c1-9(4-3-6(11)5-9)7-8(10)12-13-14(7)2/h6H,3-5H2,1-2H3. The van der Waals surface area contributed by atoms with E-state index in [0.29, 0.717) is 5.38 Å². The molecule has 78 valence electrons. The summed E-state index contributed by atoms with van der Waals surface area (Å²) in [5.74, 6) is 0. The Morgan fingerprint density at radius 1 is 1.64 bits per heavy atom. The van der Waals surface area contributed by atoms with E-state index in [0.717, 1.165) is 23.9 Å². The largest absolute Gasteiger partial charge is 0.251 e. The SMILES string of the molecule is Cn1nnc(Br)c1C1(C)CCC(Cl)C1. The maximum atomic E-state index is 6.15. The predicted molar refractivity (Wildman–Crippen MR) is 59.5 cm³/mol. The Labute approximate surface area is 96.9 Å². The number of aromatic nitrogens is 3. The van der Waals surface area contributed by atoms with E-state index in [4.69, 9.17) is 11.6 Å². The summed E-state index contributed by atoms with van der Waals surface area (Å²) in [6, 6.07) is 0. The minimum Gasteiger partial charge on any atom is -0.251 e. The molecule has 1 aromatic heterocycles. The molecule has 1 aliphatic rings. The number of hydrogen-bond donors (Lipinski definition) is 0. The molecule has 2 atom stereocenters. The van der Waals surface area contributed by atoms with Crippen LogP contribution in [0.5, 0.6) is 0 Å². The van der Waals surface area contributed by atoms with Gasteiger partial charge in [0, 0.05) is 17.8 Å². The first-order chi connectivity index (χ1) is 6.53. The summed E-state index contributed by atoms with van der Waals surface area (Å²) >= 11 is 9.60. The molecule has 5 heteroatoms. The van der Waals surface area contributed by atoms with Gasteiger partial charge >= 0.3 is 0 Å². The van der Waals surface area contributed by atoms with Crippen molar-refractivity contribution in [1.29, 1.82) is 0 Å². The van der Waals surface area contributed by atoms with E-state index in [-0.39, 0.29) is 5.41 Å². The topological polar surface area (TPSA) is 30.7 Å². The number of halogens is 2. The fraction of sp³-hybridized carbons (Fsp3) is 0.778. The van der Waals surface area contributed by atoms with Crippen LogP contribution in [0.1, 0.15) is 31.9 Å². The molecule has 1 heterocycles. The molecule has 1 saturated carbocycles. The van der Waals surface area contributed by atoms with Gasteiger partial charge in [-0.15, -0.1) is 16.7 Å². The molecule has 0 aliphatic heterocycles. The van der Waals surface area contributed by atoms with Crippen LogP contribution in [0.2, 0.25) is 0 Å². The second kappa shape index (κ2) is 3.49. The predicted octanol–water partition coefficient (Wildman–Crippen LogP) is 2.63. The van der Waals surface area contributed by atoms with Crippen LogP contribution in [0.25, 0.3) is 0 Å². The number of rotatable bonds is 1. The molecule has 0 radical (unpaired) electrons. The molecule has 2 rings (SSSR count).